The molecule has 20 heavy (non-hydrogen) atoms. The molecule has 1 fully saturated rings. The maximum atomic E-state index is 12.1. The lowest BCUT2D eigenvalue weighted by atomic mass is 10.1. The standard InChI is InChI=1S/C16H22O3S/c1-2-4-13-6-8-14(9-7-13)16(17)12-20(18)11-15-5-3-10-19-15/h6-9,15H,2-5,10-12H2,1H3. The summed E-state index contributed by atoms with van der Waals surface area (Å²) in [6.07, 6.45) is 4.20. The number of ketones is 1. The van der Waals surface area contributed by atoms with E-state index in [0.29, 0.717) is 11.3 Å². The molecule has 1 saturated heterocycles. The van der Waals surface area contributed by atoms with Crippen molar-refractivity contribution in [1.82, 2.24) is 0 Å². The van der Waals surface area contributed by atoms with Crippen molar-refractivity contribution in [3.8, 4) is 0 Å². The van der Waals surface area contributed by atoms with E-state index in [1.165, 1.54) is 5.56 Å². The quantitative estimate of drug-likeness (QED) is 0.726. The zero-order chi connectivity index (χ0) is 14.4. The monoisotopic (exact) mass is 294 g/mol. The molecule has 2 rings (SSSR count). The summed E-state index contributed by atoms with van der Waals surface area (Å²) in [4.78, 5) is 12.1. The lowest BCUT2D eigenvalue weighted by Crippen LogP contribution is -2.21. The van der Waals surface area contributed by atoms with Gasteiger partial charge in [-0.15, -0.1) is 0 Å². The van der Waals surface area contributed by atoms with Crippen LogP contribution in [0.5, 0.6) is 0 Å². The largest absolute Gasteiger partial charge is 0.377 e. The summed E-state index contributed by atoms with van der Waals surface area (Å²) in [6, 6.07) is 7.66. The van der Waals surface area contributed by atoms with Crippen LogP contribution >= 0.6 is 0 Å². The maximum Gasteiger partial charge on any atom is 0.175 e. The van der Waals surface area contributed by atoms with E-state index < -0.39 is 10.8 Å². The Labute approximate surface area is 123 Å². The first kappa shape index (κ1) is 15.4. The van der Waals surface area contributed by atoms with Crippen molar-refractivity contribution in [2.75, 3.05) is 18.1 Å². The fraction of sp³-hybridized carbons (Fsp3) is 0.562. The molecule has 2 unspecified atom stereocenters. The second kappa shape index (κ2) is 7.70. The average molecular weight is 294 g/mol. The number of carbonyl (C=O) groups is 1. The summed E-state index contributed by atoms with van der Waals surface area (Å²) in [5, 5.41) is 0. The third kappa shape index (κ3) is 4.53. The van der Waals surface area contributed by atoms with Gasteiger partial charge in [0, 0.05) is 23.0 Å². The van der Waals surface area contributed by atoms with Crippen LogP contribution in [0.25, 0.3) is 0 Å². The second-order valence-electron chi connectivity index (χ2n) is 5.26. The smallest absolute Gasteiger partial charge is 0.175 e. The number of aryl methyl sites for hydroxylation is 1. The van der Waals surface area contributed by atoms with Crippen LogP contribution in [0.4, 0.5) is 0 Å². The number of Topliss-reactive ketones (excluding diaryl/α,β-unsaturated/α-hetero) is 1. The fourth-order valence-electron chi connectivity index (χ4n) is 2.42. The van der Waals surface area contributed by atoms with Gasteiger partial charge in [0.25, 0.3) is 0 Å². The number of hydrogen-bond donors (Lipinski definition) is 0. The van der Waals surface area contributed by atoms with Gasteiger partial charge in [-0.2, -0.15) is 0 Å². The van der Waals surface area contributed by atoms with Gasteiger partial charge in [-0.3, -0.25) is 9.00 Å². The van der Waals surface area contributed by atoms with Gasteiger partial charge in [0.15, 0.2) is 5.78 Å². The Bertz CT molecular complexity index is 461. The SMILES string of the molecule is CCCc1ccc(C(=O)CS(=O)CC2CCCO2)cc1. The molecular weight excluding hydrogens is 272 g/mol. The van der Waals surface area contributed by atoms with E-state index in [9.17, 15) is 9.00 Å². The zero-order valence-corrected chi connectivity index (χ0v) is 12.8. The highest BCUT2D eigenvalue weighted by molar-refractivity contribution is 7.85. The third-order valence-electron chi connectivity index (χ3n) is 3.50. The van der Waals surface area contributed by atoms with Crippen molar-refractivity contribution in [2.24, 2.45) is 0 Å². The Balaban J connectivity index is 1.85. The van der Waals surface area contributed by atoms with Gasteiger partial charge in [-0.05, 0) is 24.8 Å². The lowest BCUT2D eigenvalue weighted by Gasteiger charge is -2.08. The number of hydrogen-bond acceptors (Lipinski definition) is 3. The van der Waals surface area contributed by atoms with Crippen LogP contribution in [0.2, 0.25) is 0 Å². The molecule has 1 aliphatic rings. The van der Waals surface area contributed by atoms with Crippen LogP contribution in [-0.4, -0.2) is 34.2 Å². The Morgan fingerprint density at radius 3 is 2.70 bits per heavy atom. The normalized spacial score (nSPS) is 19.9. The van der Waals surface area contributed by atoms with E-state index in [1.54, 1.807) is 0 Å². The molecule has 0 saturated carbocycles. The molecule has 0 amide bonds. The number of carbonyl (C=O) groups excluding carboxylic acids is 1. The van der Waals surface area contributed by atoms with E-state index in [-0.39, 0.29) is 17.6 Å². The molecule has 1 aromatic carbocycles. The Morgan fingerprint density at radius 2 is 2.10 bits per heavy atom. The van der Waals surface area contributed by atoms with E-state index >= 15 is 0 Å². The van der Waals surface area contributed by atoms with Gasteiger partial charge in [-0.25, -0.2) is 0 Å². The maximum absolute atomic E-state index is 12.1. The summed E-state index contributed by atoms with van der Waals surface area (Å²) >= 11 is 0. The van der Waals surface area contributed by atoms with E-state index in [2.05, 4.69) is 6.92 Å². The Kier molecular flexibility index (Phi) is 5.92. The van der Waals surface area contributed by atoms with Crippen LogP contribution in [0, 0.1) is 0 Å². The van der Waals surface area contributed by atoms with Crippen molar-refractivity contribution >= 4 is 16.6 Å². The molecule has 3 nitrogen and oxygen atoms in total. The molecule has 1 aromatic rings. The molecule has 0 aliphatic carbocycles. The van der Waals surface area contributed by atoms with Crippen molar-refractivity contribution in [3.63, 3.8) is 0 Å². The average Bonchev–Trinajstić information content (AvgIpc) is 2.92. The first-order chi connectivity index (χ1) is 9.69. The molecule has 110 valence electrons. The molecule has 0 radical (unpaired) electrons. The highest BCUT2D eigenvalue weighted by Gasteiger charge is 2.20. The van der Waals surface area contributed by atoms with Crippen molar-refractivity contribution in [2.45, 2.75) is 38.7 Å². The van der Waals surface area contributed by atoms with E-state index in [4.69, 9.17) is 4.74 Å². The van der Waals surface area contributed by atoms with Gasteiger partial charge in [0.1, 0.15) is 0 Å². The van der Waals surface area contributed by atoms with Gasteiger partial charge in [0.2, 0.25) is 0 Å². The zero-order valence-electron chi connectivity index (χ0n) is 12.0. The highest BCUT2D eigenvalue weighted by Crippen LogP contribution is 2.14. The molecule has 4 heteroatoms. The van der Waals surface area contributed by atoms with Crippen molar-refractivity contribution < 1.29 is 13.7 Å². The molecule has 2 atom stereocenters. The van der Waals surface area contributed by atoms with Crippen molar-refractivity contribution in [3.05, 3.63) is 35.4 Å². The van der Waals surface area contributed by atoms with Crippen LogP contribution in [0.3, 0.4) is 0 Å². The highest BCUT2D eigenvalue weighted by atomic mass is 32.2. The number of rotatable bonds is 7. The molecule has 0 bridgehead atoms. The summed E-state index contributed by atoms with van der Waals surface area (Å²) in [5.74, 6) is 0.552. The summed E-state index contributed by atoms with van der Waals surface area (Å²) in [6.45, 7) is 2.89. The molecule has 0 N–H and O–H groups in total. The molecule has 0 aromatic heterocycles. The summed E-state index contributed by atoms with van der Waals surface area (Å²) in [7, 11) is -1.12. The van der Waals surface area contributed by atoms with E-state index in [1.807, 2.05) is 24.3 Å². The Morgan fingerprint density at radius 1 is 1.35 bits per heavy atom. The molecule has 1 heterocycles. The minimum absolute atomic E-state index is 0.0376. The number of benzene rings is 1. The van der Waals surface area contributed by atoms with Gasteiger partial charge < -0.3 is 4.74 Å². The summed E-state index contributed by atoms with van der Waals surface area (Å²) < 4.78 is 17.4. The minimum atomic E-state index is -1.12. The predicted octanol–water partition coefficient (Wildman–Crippen LogP) is 2.75. The van der Waals surface area contributed by atoms with Crippen LogP contribution in [-0.2, 0) is 22.0 Å². The van der Waals surface area contributed by atoms with Crippen LogP contribution in [0.1, 0.15) is 42.1 Å². The fourth-order valence-corrected chi connectivity index (χ4v) is 3.67. The first-order valence-corrected chi connectivity index (χ1v) is 8.76. The predicted molar refractivity (Wildman–Crippen MR) is 81.6 cm³/mol. The Hall–Kier alpha value is -1.00. The van der Waals surface area contributed by atoms with Gasteiger partial charge in [-0.1, -0.05) is 37.6 Å². The summed E-state index contributed by atoms with van der Waals surface area (Å²) in [5.41, 5.74) is 1.90. The van der Waals surface area contributed by atoms with Crippen LogP contribution < -0.4 is 0 Å². The van der Waals surface area contributed by atoms with Crippen LogP contribution in [0.15, 0.2) is 24.3 Å². The van der Waals surface area contributed by atoms with E-state index in [0.717, 1.165) is 32.3 Å². The molecule has 1 aliphatic heterocycles. The van der Waals surface area contributed by atoms with Crippen molar-refractivity contribution in [1.29, 1.82) is 0 Å². The topological polar surface area (TPSA) is 43.4 Å². The third-order valence-corrected chi connectivity index (χ3v) is 4.83. The molecule has 0 spiro atoms. The van der Waals surface area contributed by atoms with Gasteiger partial charge in [0.05, 0.1) is 17.6 Å². The first-order valence-electron chi connectivity index (χ1n) is 7.27. The minimum Gasteiger partial charge on any atom is -0.377 e. The number of ether oxygens (including phenoxy) is 1. The molecular formula is C16H22O3S. The second-order valence-corrected chi connectivity index (χ2v) is 6.76. The lowest BCUT2D eigenvalue weighted by molar-refractivity contribution is 0.102. The van der Waals surface area contributed by atoms with Gasteiger partial charge >= 0.3 is 0 Å².